The average Bonchev–Trinajstić information content (AvgIpc) is 3.54. The average molecular weight is 588 g/mol. The summed E-state index contributed by atoms with van der Waals surface area (Å²) < 4.78 is 16.6. The van der Waals surface area contributed by atoms with Crippen LogP contribution < -0.4 is 14.9 Å². The third kappa shape index (κ3) is 6.12. The van der Waals surface area contributed by atoms with Crippen LogP contribution in [0.25, 0.3) is 5.65 Å². The fourth-order valence-electron chi connectivity index (χ4n) is 5.75. The molecule has 0 saturated carbocycles. The number of aromatic nitrogens is 3. The van der Waals surface area contributed by atoms with Crippen LogP contribution in [0.2, 0.25) is 5.02 Å². The van der Waals surface area contributed by atoms with E-state index in [9.17, 15) is 14.1 Å². The molecule has 4 heterocycles. The molecule has 3 unspecified atom stereocenters. The zero-order chi connectivity index (χ0) is 28.6. The quantitative estimate of drug-likeness (QED) is 0.368. The molecule has 10 nitrogen and oxygen atoms in total. The summed E-state index contributed by atoms with van der Waals surface area (Å²) in [5.41, 5.74) is 3.15. The SMILES string of the molecule is Cc1cn2nc(C3CCCCN3C(=O)c3cc(Cl)ccc3NS(C)=O)cc2nc1N1CCC(NC(C)(C)CO)C1. The Morgan fingerprint density at radius 3 is 2.77 bits per heavy atom. The van der Waals surface area contributed by atoms with Gasteiger partial charge in [-0.3, -0.25) is 4.79 Å². The fraction of sp³-hybridized carbons (Fsp3) is 0.536. The predicted molar refractivity (Wildman–Crippen MR) is 159 cm³/mol. The minimum Gasteiger partial charge on any atom is -0.394 e. The number of benzene rings is 1. The largest absolute Gasteiger partial charge is 0.394 e. The van der Waals surface area contributed by atoms with Gasteiger partial charge in [0.05, 0.1) is 29.6 Å². The number of halogens is 1. The molecule has 0 aliphatic carbocycles. The predicted octanol–water partition coefficient (Wildman–Crippen LogP) is 3.70. The second-order valence-corrected chi connectivity index (χ2v) is 13.0. The van der Waals surface area contributed by atoms with Crippen LogP contribution in [0.15, 0.2) is 30.5 Å². The minimum atomic E-state index is -1.33. The molecule has 2 aliphatic heterocycles. The highest BCUT2D eigenvalue weighted by Crippen LogP contribution is 2.34. The summed E-state index contributed by atoms with van der Waals surface area (Å²) in [6.07, 6.45) is 7.20. The lowest BCUT2D eigenvalue weighted by molar-refractivity contribution is 0.0607. The minimum absolute atomic E-state index is 0.0826. The number of carbonyl (C=O) groups is 1. The Morgan fingerprint density at radius 2 is 2.02 bits per heavy atom. The van der Waals surface area contributed by atoms with Gasteiger partial charge in [-0.15, -0.1) is 0 Å². The molecular weight excluding hydrogens is 550 g/mol. The van der Waals surface area contributed by atoms with Crippen LogP contribution in [-0.4, -0.2) is 78.8 Å². The number of hydrogen-bond acceptors (Lipinski definition) is 7. The number of rotatable bonds is 8. The molecular formula is C28H38ClN7O3S. The van der Waals surface area contributed by atoms with E-state index in [2.05, 4.69) is 14.9 Å². The molecule has 2 aliphatic rings. The number of fused-ring (bicyclic) bond motifs is 1. The lowest BCUT2D eigenvalue weighted by atomic mass is 9.98. The Morgan fingerprint density at radius 1 is 1.23 bits per heavy atom. The summed E-state index contributed by atoms with van der Waals surface area (Å²) in [4.78, 5) is 23.0. The summed E-state index contributed by atoms with van der Waals surface area (Å²) in [5, 5.41) is 18.5. The summed E-state index contributed by atoms with van der Waals surface area (Å²) in [6.45, 7) is 8.44. The van der Waals surface area contributed by atoms with E-state index in [1.807, 2.05) is 37.9 Å². The van der Waals surface area contributed by atoms with Gasteiger partial charge in [0.25, 0.3) is 5.91 Å². The number of nitrogens with zero attached hydrogens (tertiary/aromatic N) is 5. The second kappa shape index (κ2) is 11.6. The van der Waals surface area contributed by atoms with E-state index < -0.39 is 11.0 Å². The highest BCUT2D eigenvalue weighted by atomic mass is 35.5. The maximum atomic E-state index is 13.8. The van der Waals surface area contributed by atoms with Crippen molar-refractivity contribution in [3.8, 4) is 0 Å². The zero-order valence-corrected chi connectivity index (χ0v) is 25.1. The first-order chi connectivity index (χ1) is 19.0. The van der Waals surface area contributed by atoms with Gasteiger partial charge in [-0.25, -0.2) is 13.7 Å². The van der Waals surface area contributed by atoms with Crippen molar-refractivity contribution in [2.45, 2.75) is 64.1 Å². The Bertz CT molecular complexity index is 1430. The van der Waals surface area contributed by atoms with E-state index in [-0.39, 0.29) is 30.1 Å². The van der Waals surface area contributed by atoms with Crippen molar-refractivity contribution >= 4 is 45.6 Å². The van der Waals surface area contributed by atoms with Crippen molar-refractivity contribution in [2.24, 2.45) is 0 Å². The number of anilines is 2. The van der Waals surface area contributed by atoms with Crippen LogP contribution in [0.5, 0.6) is 0 Å². The van der Waals surface area contributed by atoms with Gasteiger partial charge in [0.2, 0.25) is 0 Å². The Kier molecular flexibility index (Phi) is 8.37. The van der Waals surface area contributed by atoms with Gasteiger partial charge in [0.15, 0.2) is 5.65 Å². The number of nitrogens with one attached hydrogen (secondary N) is 2. The molecule has 0 spiro atoms. The van der Waals surface area contributed by atoms with Gasteiger partial charge in [-0.05, 0) is 64.7 Å². The number of aliphatic hydroxyl groups excluding tert-OH is 1. The third-order valence-electron chi connectivity index (χ3n) is 7.67. The highest BCUT2D eigenvalue weighted by molar-refractivity contribution is 7.85. The molecule has 5 rings (SSSR count). The first-order valence-corrected chi connectivity index (χ1v) is 15.7. The summed E-state index contributed by atoms with van der Waals surface area (Å²) in [5.74, 6) is 0.771. The molecule has 2 fully saturated rings. The molecule has 1 aromatic carbocycles. The summed E-state index contributed by atoms with van der Waals surface area (Å²) in [7, 11) is -1.33. The number of carbonyl (C=O) groups excluding carboxylic acids is 1. The molecule has 216 valence electrons. The van der Waals surface area contributed by atoms with E-state index in [1.165, 1.54) is 6.26 Å². The molecule has 3 N–H and O–H groups in total. The molecule has 40 heavy (non-hydrogen) atoms. The normalized spacial score (nSPS) is 20.8. The number of hydrogen-bond donors (Lipinski definition) is 3. The van der Waals surface area contributed by atoms with Crippen molar-refractivity contribution in [3.63, 3.8) is 0 Å². The summed E-state index contributed by atoms with van der Waals surface area (Å²) in [6, 6.07) is 7.06. The molecule has 2 aromatic heterocycles. The molecule has 2 saturated heterocycles. The van der Waals surface area contributed by atoms with Crippen molar-refractivity contribution in [1.29, 1.82) is 0 Å². The highest BCUT2D eigenvalue weighted by Gasteiger charge is 2.33. The first-order valence-electron chi connectivity index (χ1n) is 13.8. The van der Waals surface area contributed by atoms with Crippen LogP contribution in [0.3, 0.4) is 0 Å². The molecule has 12 heteroatoms. The topological polar surface area (TPSA) is 115 Å². The van der Waals surface area contributed by atoms with Gasteiger partial charge in [0.1, 0.15) is 16.8 Å². The number of piperidine rings is 1. The van der Waals surface area contributed by atoms with Crippen molar-refractivity contribution in [2.75, 3.05) is 42.1 Å². The lowest BCUT2D eigenvalue weighted by Gasteiger charge is -2.35. The summed E-state index contributed by atoms with van der Waals surface area (Å²) >= 11 is 6.26. The molecule has 3 atom stereocenters. The Balaban J connectivity index is 1.41. The second-order valence-electron chi connectivity index (χ2n) is 11.5. The Hall–Kier alpha value is -2.73. The van der Waals surface area contributed by atoms with E-state index in [0.29, 0.717) is 22.8 Å². The number of amides is 1. The fourth-order valence-corrected chi connectivity index (χ4v) is 6.40. The first kappa shape index (κ1) is 28.8. The van der Waals surface area contributed by atoms with E-state index in [1.54, 1.807) is 22.7 Å². The number of likely N-dealkylation sites (tertiary alicyclic amines) is 1. The smallest absolute Gasteiger partial charge is 0.256 e. The van der Waals surface area contributed by atoms with Crippen LogP contribution in [-0.2, 0) is 11.0 Å². The van der Waals surface area contributed by atoms with E-state index in [0.717, 1.165) is 61.5 Å². The van der Waals surface area contributed by atoms with Gasteiger partial charge >= 0.3 is 0 Å². The molecule has 1 amide bonds. The maximum Gasteiger partial charge on any atom is 0.256 e. The zero-order valence-electron chi connectivity index (χ0n) is 23.5. The van der Waals surface area contributed by atoms with Crippen LogP contribution in [0.4, 0.5) is 11.5 Å². The Labute approximate surface area is 242 Å². The van der Waals surface area contributed by atoms with Crippen LogP contribution in [0, 0.1) is 6.92 Å². The van der Waals surface area contributed by atoms with Gasteiger partial charge in [-0.1, -0.05) is 11.6 Å². The van der Waals surface area contributed by atoms with E-state index in [4.69, 9.17) is 21.7 Å². The van der Waals surface area contributed by atoms with E-state index >= 15 is 0 Å². The van der Waals surface area contributed by atoms with Crippen molar-refractivity contribution < 1.29 is 14.1 Å². The maximum absolute atomic E-state index is 13.8. The number of aryl methyl sites for hydroxylation is 1. The lowest BCUT2D eigenvalue weighted by Crippen LogP contribution is -2.49. The van der Waals surface area contributed by atoms with Crippen molar-refractivity contribution in [1.82, 2.24) is 24.8 Å². The molecule has 3 aromatic rings. The van der Waals surface area contributed by atoms with Crippen LogP contribution in [0.1, 0.15) is 67.2 Å². The molecule has 0 bridgehead atoms. The van der Waals surface area contributed by atoms with Crippen LogP contribution >= 0.6 is 11.6 Å². The van der Waals surface area contributed by atoms with Gasteiger partial charge < -0.3 is 24.9 Å². The molecule has 0 radical (unpaired) electrons. The standard InChI is InChI=1S/C28H38ClN7O3S/c1-18-15-36-25(30-26(18)34-12-10-20(16-34)31-28(2,3)17-37)14-23(32-36)24-7-5-6-11-35(24)27(38)21-13-19(29)8-9-22(21)33-40(4)39/h8-9,13-15,20,24,31,33,37H,5-7,10-12,16-17H2,1-4H3. The van der Waals surface area contributed by atoms with Gasteiger partial charge in [-0.2, -0.15) is 5.10 Å². The van der Waals surface area contributed by atoms with Gasteiger partial charge in [0, 0.05) is 60.3 Å². The third-order valence-corrected chi connectivity index (χ3v) is 8.42. The monoisotopic (exact) mass is 587 g/mol. The van der Waals surface area contributed by atoms with Crippen molar-refractivity contribution in [3.05, 3.63) is 52.3 Å². The number of aliphatic hydroxyl groups is 1.